The molecule has 0 aliphatic rings. The van der Waals surface area contributed by atoms with Gasteiger partial charge in [0.05, 0.1) is 16.4 Å². The zero-order valence-electron chi connectivity index (χ0n) is 12.0. The highest BCUT2D eigenvalue weighted by atomic mass is 35.5. The molecule has 0 aliphatic carbocycles. The van der Waals surface area contributed by atoms with Crippen LogP contribution in [-0.2, 0) is 4.79 Å². The van der Waals surface area contributed by atoms with Crippen LogP contribution in [-0.4, -0.2) is 12.6 Å². The van der Waals surface area contributed by atoms with Crippen molar-refractivity contribution in [2.45, 2.75) is 0 Å². The normalized spacial score (nSPS) is 10.8. The Labute approximate surface area is 146 Å². The van der Waals surface area contributed by atoms with Gasteiger partial charge in [0, 0.05) is 10.6 Å². The summed E-state index contributed by atoms with van der Waals surface area (Å²) in [6, 6.07) is 11.5. The molecule has 2 aromatic carbocycles. The molecule has 7 heteroatoms. The summed E-state index contributed by atoms with van der Waals surface area (Å²) < 4.78 is 10.9. The van der Waals surface area contributed by atoms with E-state index < -0.39 is 18.0 Å². The minimum atomic E-state index is -1.46. The van der Waals surface area contributed by atoms with Crippen molar-refractivity contribution in [2.75, 3.05) is 6.61 Å². The summed E-state index contributed by atoms with van der Waals surface area (Å²) in [6.07, 6.45) is 0. The maximum Gasteiger partial charge on any atom is 0.235 e. The van der Waals surface area contributed by atoms with Crippen molar-refractivity contribution in [2.24, 2.45) is 0 Å². The van der Waals surface area contributed by atoms with Gasteiger partial charge in [0.1, 0.15) is 6.61 Å². The quantitative estimate of drug-likeness (QED) is 0.711. The number of carbonyl (C=O) groups is 1. The van der Waals surface area contributed by atoms with Gasteiger partial charge in [-0.2, -0.15) is 0 Å². The first-order valence-corrected chi connectivity index (χ1v) is 7.57. The standard InChI is InChI=1S/C17H10Cl2O5/c18-10-6-11-14(22)17(23-8-13(20)21)15(9-4-2-1-3-5-9)24-16(11)12(19)7-10/h1-7H,8H2,(H,20,21)/p-1. The second-order valence-electron chi connectivity index (χ2n) is 4.88. The molecular weight excluding hydrogens is 355 g/mol. The number of halogens is 2. The van der Waals surface area contributed by atoms with Gasteiger partial charge in [-0.15, -0.1) is 0 Å². The number of benzene rings is 2. The number of aliphatic carboxylic acids is 1. The Balaban J connectivity index is 2.33. The van der Waals surface area contributed by atoms with Crippen LogP contribution in [0.25, 0.3) is 22.3 Å². The maximum absolute atomic E-state index is 12.7. The van der Waals surface area contributed by atoms with Gasteiger partial charge >= 0.3 is 0 Å². The van der Waals surface area contributed by atoms with Gasteiger partial charge in [-0.25, -0.2) is 0 Å². The fourth-order valence-electron chi connectivity index (χ4n) is 2.25. The monoisotopic (exact) mass is 363 g/mol. The minimum Gasteiger partial charge on any atom is -0.546 e. The van der Waals surface area contributed by atoms with E-state index in [2.05, 4.69) is 0 Å². The molecule has 1 aromatic heterocycles. The third-order valence-electron chi connectivity index (χ3n) is 3.24. The van der Waals surface area contributed by atoms with Gasteiger partial charge in [0.15, 0.2) is 11.3 Å². The summed E-state index contributed by atoms with van der Waals surface area (Å²) in [5.74, 6) is -1.62. The molecule has 0 aliphatic heterocycles. The van der Waals surface area contributed by atoms with Crippen LogP contribution in [0.15, 0.2) is 51.7 Å². The molecule has 0 radical (unpaired) electrons. The Kier molecular flexibility index (Phi) is 4.46. The van der Waals surface area contributed by atoms with Crippen molar-refractivity contribution in [1.82, 2.24) is 0 Å². The highest BCUT2D eigenvalue weighted by molar-refractivity contribution is 6.38. The molecule has 0 unspecified atom stereocenters. The summed E-state index contributed by atoms with van der Waals surface area (Å²) >= 11 is 12.0. The van der Waals surface area contributed by atoms with Crippen LogP contribution in [0.5, 0.6) is 5.75 Å². The third kappa shape index (κ3) is 3.09. The lowest BCUT2D eigenvalue weighted by Gasteiger charge is -2.12. The molecule has 0 spiro atoms. The number of hydrogen-bond donors (Lipinski definition) is 0. The molecule has 3 rings (SSSR count). The van der Waals surface area contributed by atoms with E-state index in [1.807, 2.05) is 0 Å². The van der Waals surface area contributed by atoms with E-state index >= 15 is 0 Å². The molecule has 0 amide bonds. The Hall–Kier alpha value is -2.50. The predicted molar refractivity (Wildman–Crippen MR) is 88.4 cm³/mol. The summed E-state index contributed by atoms with van der Waals surface area (Å²) in [7, 11) is 0. The minimum absolute atomic E-state index is 0.0820. The molecule has 0 bridgehead atoms. The molecule has 24 heavy (non-hydrogen) atoms. The average molecular weight is 364 g/mol. The van der Waals surface area contributed by atoms with Crippen molar-refractivity contribution in [3.63, 3.8) is 0 Å². The molecule has 122 valence electrons. The number of hydrogen-bond acceptors (Lipinski definition) is 5. The Morgan fingerprint density at radius 2 is 1.88 bits per heavy atom. The summed E-state index contributed by atoms with van der Waals surface area (Å²) in [5, 5.41) is 11.2. The second-order valence-corrected chi connectivity index (χ2v) is 5.72. The van der Waals surface area contributed by atoms with Crippen LogP contribution in [0.3, 0.4) is 0 Å². The van der Waals surface area contributed by atoms with Gasteiger partial charge in [-0.3, -0.25) is 4.79 Å². The van der Waals surface area contributed by atoms with E-state index in [1.54, 1.807) is 30.3 Å². The van der Waals surface area contributed by atoms with Gasteiger partial charge < -0.3 is 19.1 Å². The lowest BCUT2D eigenvalue weighted by molar-refractivity contribution is -0.307. The van der Waals surface area contributed by atoms with Crippen LogP contribution in [0.1, 0.15) is 0 Å². The first kappa shape index (κ1) is 16.4. The van der Waals surface area contributed by atoms with Crippen molar-refractivity contribution < 1.29 is 19.1 Å². The topological polar surface area (TPSA) is 79.6 Å². The molecule has 5 nitrogen and oxygen atoms in total. The largest absolute Gasteiger partial charge is 0.546 e. The van der Waals surface area contributed by atoms with E-state index in [-0.39, 0.29) is 32.5 Å². The molecule has 1 heterocycles. The SMILES string of the molecule is O=C([O-])COc1c(-c2ccccc2)oc2c(Cl)cc(Cl)cc2c1=O. The summed E-state index contributed by atoms with van der Waals surface area (Å²) in [5.41, 5.74) is 0.113. The zero-order valence-corrected chi connectivity index (χ0v) is 13.6. The first-order valence-electron chi connectivity index (χ1n) is 6.81. The van der Waals surface area contributed by atoms with E-state index in [9.17, 15) is 14.7 Å². The molecule has 0 saturated carbocycles. The number of rotatable bonds is 4. The van der Waals surface area contributed by atoms with E-state index in [0.717, 1.165) is 0 Å². The fraction of sp³-hybridized carbons (Fsp3) is 0.0588. The zero-order chi connectivity index (χ0) is 17.3. The summed E-state index contributed by atoms with van der Waals surface area (Å²) in [6.45, 7) is -0.787. The van der Waals surface area contributed by atoms with Gasteiger partial charge in [-0.05, 0) is 12.1 Å². The van der Waals surface area contributed by atoms with Crippen LogP contribution in [0.4, 0.5) is 0 Å². The smallest absolute Gasteiger partial charge is 0.235 e. The number of ether oxygens (including phenoxy) is 1. The molecule has 0 N–H and O–H groups in total. The first-order chi connectivity index (χ1) is 11.5. The lowest BCUT2D eigenvalue weighted by atomic mass is 10.1. The Bertz CT molecular complexity index is 980. The highest BCUT2D eigenvalue weighted by Gasteiger charge is 2.19. The van der Waals surface area contributed by atoms with E-state index in [0.29, 0.717) is 5.56 Å². The number of fused-ring (bicyclic) bond motifs is 1. The molecular formula is C17H9Cl2O5-. The highest BCUT2D eigenvalue weighted by Crippen LogP contribution is 2.34. The molecule has 3 aromatic rings. The van der Waals surface area contributed by atoms with Crippen LogP contribution in [0, 0.1) is 0 Å². The molecule has 0 atom stereocenters. The number of carboxylic acid groups (broad SMARTS) is 1. The van der Waals surface area contributed by atoms with Crippen molar-refractivity contribution in [3.05, 3.63) is 62.7 Å². The summed E-state index contributed by atoms with van der Waals surface area (Å²) in [4.78, 5) is 23.4. The van der Waals surface area contributed by atoms with Crippen molar-refractivity contribution in [3.8, 4) is 17.1 Å². The van der Waals surface area contributed by atoms with Crippen molar-refractivity contribution >= 4 is 40.1 Å². The predicted octanol–water partition coefficient (Wildman–Crippen LogP) is 2.90. The fourth-order valence-corrected chi connectivity index (χ4v) is 2.78. The number of carbonyl (C=O) groups excluding carboxylic acids is 1. The lowest BCUT2D eigenvalue weighted by Crippen LogP contribution is -2.30. The Morgan fingerprint density at radius 1 is 1.17 bits per heavy atom. The van der Waals surface area contributed by atoms with Crippen LogP contribution < -0.4 is 15.3 Å². The van der Waals surface area contributed by atoms with Crippen LogP contribution >= 0.6 is 23.2 Å². The number of carboxylic acids is 1. The van der Waals surface area contributed by atoms with Crippen molar-refractivity contribution in [1.29, 1.82) is 0 Å². The maximum atomic E-state index is 12.7. The van der Waals surface area contributed by atoms with Crippen LogP contribution in [0.2, 0.25) is 10.0 Å². The van der Waals surface area contributed by atoms with E-state index in [1.165, 1.54) is 12.1 Å². The van der Waals surface area contributed by atoms with E-state index in [4.69, 9.17) is 32.4 Å². The van der Waals surface area contributed by atoms with Gasteiger partial charge in [0.25, 0.3) is 0 Å². The Morgan fingerprint density at radius 3 is 2.54 bits per heavy atom. The average Bonchev–Trinajstić information content (AvgIpc) is 2.55. The third-order valence-corrected chi connectivity index (χ3v) is 3.74. The van der Waals surface area contributed by atoms with Gasteiger partial charge in [-0.1, -0.05) is 53.5 Å². The van der Waals surface area contributed by atoms with Gasteiger partial charge in [0.2, 0.25) is 11.2 Å². The molecule has 0 saturated heterocycles. The molecule has 0 fully saturated rings. The second kappa shape index (κ2) is 6.55.